The van der Waals surface area contributed by atoms with Crippen molar-refractivity contribution in [3.63, 3.8) is 0 Å². The molecular weight excluding hydrogens is 172 g/mol. The van der Waals surface area contributed by atoms with Gasteiger partial charge in [-0.15, -0.1) is 0 Å². The summed E-state index contributed by atoms with van der Waals surface area (Å²) in [5.74, 6) is -0.193. The molecule has 5 heteroatoms. The predicted octanol–water partition coefficient (Wildman–Crippen LogP) is 0.263. The topological polar surface area (TPSA) is 49.9 Å². The van der Waals surface area contributed by atoms with E-state index in [0.29, 0.717) is 6.61 Å². The number of amides is 3. The van der Waals surface area contributed by atoms with Crippen LogP contribution < -0.4 is 0 Å². The van der Waals surface area contributed by atoms with Crippen LogP contribution in [0, 0.1) is 0 Å². The van der Waals surface area contributed by atoms with Gasteiger partial charge in [-0.05, 0) is 6.92 Å². The van der Waals surface area contributed by atoms with E-state index in [4.69, 9.17) is 4.74 Å². The van der Waals surface area contributed by atoms with Gasteiger partial charge in [0.2, 0.25) is 5.91 Å². The van der Waals surface area contributed by atoms with E-state index in [2.05, 4.69) is 0 Å². The molecule has 0 N–H and O–H groups in total. The molecule has 0 aliphatic carbocycles. The van der Waals surface area contributed by atoms with Crippen LogP contribution in [-0.4, -0.2) is 48.7 Å². The second kappa shape index (κ2) is 3.74. The first kappa shape index (κ1) is 9.98. The molecule has 1 atom stereocenters. The number of hydrogen-bond acceptors (Lipinski definition) is 3. The minimum atomic E-state index is -0.402. The van der Waals surface area contributed by atoms with Gasteiger partial charge in [0.25, 0.3) is 0 Å². The van der Waals surface area contributed by atoms with E-state index < -0.39 is 6.23 Å². The first-order chi connectivity index (χ1) is 6.07. The van der Waals surface area contributed by atoms with Gasteiger partial charge in [-0.25, -0.2) is 4.79 Å². The molecule has 0 aromatic carbocycles. The minimum Gasteiger partial charge on any atom is -0.358 e. The van der Waals surface area contributed by atoms with Crippen molar-refractivity contribution >= 4 is 11.9 Å². The van der Waals surface area contributed by atoms with Crippen LogP contribution in [0.15, 0.2) is 0 Å². The van der Waals surface area contributed by atoms with Gasteiger partial charge in [0.15, 0.2) is 0 Å². The first-order valence-electron chi connectivity index (χ1n) is 4.22. The number of carbonyl (C=O) groups is 2. The molecule has 0 radical (unpaired) electrons. The van der Waals surface area contributed by atoms with E-state index in [0.717, 1.165) is 4.90 Å². The Morgan fingerprint density at radius 2 is 2.08 bits per heavy atom. The minimum absolute atomic E-state index is 0.193. The number of imide groups is 1. The van der Waals surface area contributed by atoms with Crippen LogP contribution >= 0.6 is 0 Å². The molecule has 0 bridgehead atoms. The van der Waals surface area contributed by atoms with E-state index in [1.54, 1.807) is 7.05 Å². The summed E-state index contributed by atoms with van der Waals surface area (Å²) in [5, 5.41) is 0. The van der Waals surface area contributed by atoms with Crippen molar-refractivity contribution in [1.82, 2.24) is 9.80 Å². The normalized spacial score (nSPS) is 24.1. The summed E-state index contributed by atoms with van der Waals surface area (Å²) in [6, 6.07) is -0.310. The fourth-order valence-electron chi connectivity index (χ4n) is 1.25. The maximum absolute atomic E-state index is 11.4. The van der Waals surface area contributed by atoms with Gasteiger partial charge >= 0.3 is 6.03 Å². The van der Waals surface area contributed by atoms with Crippen molar-refractivity contribution in [3.05, 3.63) is 0 Å². The van der Waals surface area contributed by atoms with Crippen LogP contribution in [-0.2, 0) is 9.53 Å². The lowest BCUT2D eigenvalue weighted by Gasteiger charge is -2.35. The van der Waals surface area contributed by atoms with E-state index in [1.807, 2.05) is 6.92 Å². The summed E-state index contributed by atoms with van der Waals surface area (Å²) in [7, 11) is 3.11. The molecule has 1 saturated heterocycles. The lowest BCUT2D eigenvalue weighted by molar-refractivity contribution is -0.139. The van der Waals surface area contributed by atoms with E-state index >= 15 is 0 Å². The number of rotatable bonds is 2. The van der Waals surface area contributed by atoms with E-state index in [9.17, 15) is 9.59 Å². The third-order valence-corrected chi connectivity index (χ3v) is 2.10. The Morgan fingerprint density at radius 1 is 1.46 bits per heavy atom. The maximum atomic E-state index is 11.4. The standard InChI is InChI=1S/C8H14N2O3/c1-4-13-7-5-6(11)9(2)8(12)10(7)3/h7H,4-5H2,1-3H3. The van der Waals surface area contributed by atoms with Crippen molar-refractivity contribution in [2.24, 2.45) is 0 Å². The van der Waals surface area contributed by atoms with Gasteiger partial charge in [0.05, 0.1) is 6.42 Å². The summed E-state index contributed by atoms with van der Waals surface area (Å²) < 4.78 is 5.24. The van der Waals surface area contributed by atoms with Crippen molar-refractivity contribution in [2.75, 3.05) is 20.7 Å². The second-order valence-electron chi connectivity index (χ2n) is 2.96. The molecule has 1 aliphatic rings. The molecule has 1 aliphatic heterocycles. The monoisotopic (exact) mass is 186 g/mol. The zero-order valence-corrected chi connectivity index (χ0v) is 8.11. The molecule has 1 heterocycles. The molecule has 1 rings (SSSR count). The highest BCUT2D eigenvalue weighted by Gasteiger charge is 2.34. The number of hydrogen-bond donors (Lipinski definition) is 0. The average Bonchev–Trinajstić information content (AvgIpc) is 2.11. The molecule has 0 aromatic heterocycles. The molecule has 1 fully saturated rings. The SMILES string of the molecule is CCOC1CC(=O)N(C)C(=O)N1C. The highest BCUT2D eigenvalue weighted by molar-refractivity contribution is 5.96. The first-order valence-corrected chi connectivity index (χ1v) is 4.22. The molecule has 0 aromatic rings. The highest BCUT2D eigenvalue weighted by Crippen LogP contribution is 2.14. The van der Waals surface area contributed by atoms with Crippen molar-refractivity contribution in [2.45, 2.75) is 19.6 Å². The molecule has 1 unspecified atom stereocenters. The van der Waals surface area contributed by atoms with Crippen LogP contribution in [0.1, 0.15) is 13.3 Å². The average molecular weight is 186 g/mol. The van der Waals surface area contributed by atoms with E-state index in [1.165, 1.54) is 11.9 Å². The van der Waals surface area contributed by atoms with Gasteiger partial charge < -0.3 is 9.64 Å². The van der Waals surface area contributed by atoms with Crippen LogP contribution in [0.5, 0.6) is 0 Å². The number of ether oxygens (including phenoxy) is 1. The summed E-state index contributed by atoms with van der Waals surface area (Å²) in [4.78, 5) is 25.1. The number of carbonyl (C=O) groups excluding carboxylic acids is 2. The molecule has 0 saturated carbocycles. The van der Waals surface area contributed by atoms with Crippen LogP contribution in [0.4, 0.5) is 4.79 Å². The van der Waals surface area contributed by atoms with Crippen molar-refractivity contribution in [1.29, 1.82) is 0 Å². The molecule has 13 heavy (non-hydrogen) atoms. The zero-order valence-electron chi connectivity index (χ0n) is 8.11. The van der Waals surface area contributed by atoms with Gasteiger partial charge in [0.1, 0.15) is 6.23 Å². The Balaban J connectivity index is 2.70. The second-order valence-corrected chi connectivity index (χ2v) is 2.96. The van der Waals surface area contributed by atoms with Crippen LogP contribution in [0.25, 0.3) is 0 Å². The van der Waals surface area contributed by atoms with Gasteiger partial charge in [-0.2, -0.15) is 0 Å². The largest absolute Gasteiger partial charge is 0.358 e. The maximum Gasteiger partial charge on any atom is 0.328 e. The van der Waals surface area contributed by atoms with Gasteiger partial charge in [-0.3, -0.25) is 9.69 Å². The lowest BCUT2D eigenvalue weighted by Crippen LogP contribution is -2.54. The number of urea groups is 1. The summed E-state index contributed by atoms with van der Waals surface area (Å²) in [6.07, 6.45) is -0.159. The Hall–Kier alpha value is -1.10. The summed E-state index contributed by atoms with van der Waals surface area (Å²) in [5.41, 5.74) is 0. The van der Waals surface area contributed by atoms with Crippen LogP contribution in [0.2, 0.25) is 0 Å². The Morgan fingerprint density at radius 3 is 2.62 bits per heavy atom. The van der Waals surface area contributed by atoms with Gasteiger partial charge in [0, 0.05) is 20.7 Å². The van der Waals surface area contributed by atoms with Crippen molar-refractivity contribution < 1.29 is 14.3 Å². The summed E-state index contributed by atoms with van der Waals surface area (Å²) in [6.45, 7) is 2.33. The lowest BCUT2D eigenvalue weighted by atomic mass is 10.2. The van der Waals surface area contributed by atoms with Crippen molar-refractivity contribution in [3.8, 4) is 0 Å². The number of nitrogens with zero attached hydrogens (tertiary/aromatic N) is 2. The highest BCUT2D eigenvalue weighted by atomic mass is 16.5. The Bertz CT molecular complexity index is 229. The molecule has 74 valence electrons. The quantitative estimate of drug-likeness (QED) is 0.621. The molecule has 3 amide bonds. The smallest absolute Gasteiger partial charge is 0.328 e. The zero-order chi connectivity index (χ0) is 10.0. The Labute approximate surface area is 77.2 Å². The Kier molecular flexibility index (Phi) is 2.87. The van der Waals surface area contributed by atoms with Gasteiger partial charge in [-0.1, -0.05) is 0 Å². The fourth-order valence-corrected chi connectivity index (χ4v) is 1.25. The van der Waals surface area contributed by atoms with Crippen LogP contribution in [0.3, 0.4) is 0 Å². The van der Waals surface area contributed by atoms with E-state index in [-0.39, 0.29) is 18.4 Å². The molecule has 0 spiro atoms. The summed E-state index contributed by atoms with van der Waals surface area (Å²) >= 11 is 0. The fraction of sp³-hybridized carbons (Fsp3) is 0.750. The molecular formula is C8H14N2O3. The third-order valence-electron chi connectivity index (χ3n) is 2.10. The molecule has 5 nitrogen and oxygen atoms in total. The third kappa shape index (κ3) is 1.80. The predicted molar refractivity (Wildman–Crippen MR) is 46.0 cm³/mol.